The van der Waals surface area contributed by atoms with Crippen molar-refractivity contribution in [3.8, 4) is 0 Å². The van der Waals surface area contributed by atoms with E-state index in [4.69, 9.17) is 11.6 Å². The molecule has 0 saturated heterocycles. The fourth-order valence-corrected chi connectivity index (χ4v) is 2.15. The number of hydrogen-bond donors (Lipinski definition) is 1. The van der Waals surface area contributed by atoms with Crippen molar-refractivity contribution in [2.45, 2.75) is 63.3 Å². The quantitative estimate of drug-likeness (QED) is 0.534. The molecule has 13 heavy (non-hydrogen) atoms. The van der Waals surface area contributed by atoms with E-state index in [1.165, 1.54) is 38.5 Å². The summed E-state index contributed by atoms with van der Waals surface area (Å²) in [5, 5.41) is 3.96. The molecule has 0 aromatic heterocycles. The highest BCUT2D eigenvalue weighted by Crippen LogP contribution is 2.17. The van der Waals surface area contributed by atoms with Crippen molar-refractivity contribution in [3.63, 3.8) is 0 Å². The lowest BCUT2D eigenvalue weighted by atomic mass is 9.95. The first-order valence-electron chi connectivity index (χ1n) is 5.66. The predicted molar refractivity (Wildman–Crippen MR) is 59.4 cm³/mol. The van der Waals surface area contributed by atoms with Crippen LogP contribution in [-0.4, -0.2) is 18.0 Å². The SMILES string of the molecule is CC(Cl)CCCNC1CCCCC1. The minimum absolute atomic E-state index is 0.341. The van der Waals surface area contributed by atoms with E-state index in [1.54, 1.807) is 0 Å². The standard InChI is InChI=1S/C11H22ClN/c1-10(12)6-5-9-13-11-7-3-2-4-8-11/h10-11,13H,2-9H2,1H3. The molecular weight excluding hydrogens is 182 g/mol. The number of halogens is 1. The second-order valence-corrected chi connectivity index (χ2v) is 4.96. The van der Waals surface area contributed by atoms with Gasteiger partial charge in [-0.15, -0.1) is 11.6 Å². The van der Waals surface area contributed by atoms with Crippen LogP contribution in [0.15, 0.2) is 0 Å². The van der Waals surface area contributed by atoms with Gasteiger partial charge in [-0.3, -0.25) is 0 Å². The van der Waals surface area contributed by atoms with Gasteiger partial charge in [0.15, 0.2) is 0 Å². The summed E-state index contributed by atoms with van der Waals surface area (Å²) < 4.78 is 0. The Balaban J connectivity index is 1.92. The molecule has 0 aromatic rings. The summed E-state index contributed by atoms with van der Waals surface area (Å²) in [5.41, 5.74) is 0. The van der Waals surface area contributed by atoms with Crippen LogP contribution in [0.5, 0.6) is 0 Å². The third kappa shape index (κ3) is 5.53. The Morgan fingerprint density at radius 3 is 2.62 bits per heavy atom. The molecule has 1 aliphatic carbocycles. The lowest BCUT2D eigenvalue weighted by Gasteiger charge is -2.22. The molecule has 1 rings (SSSR count). The van der Waals surface area contributed by atoms with Crippen LogP contribution < -0.4 is 5.32 Å². The van der Waals surface area contributed by atoms with E-state index in [2.05, 4.69) is 12.2 Å². The molecule has 1 saturated carbocycles. The third-order valence-electron chi connectivity index (χ3n) is 2.82. The van der Waals surface area contributed by atoms with E-state index in [-0.39, 0.29) is 0 Å². The Labute approximate surface area is 87.2 Å². The van der Waals surface area contributed by atoms with Crippen molar-refractivity contribution in [1.29, 1.82) is 0 Å². The first-order valence-corrected chi connectivity index (χ1v) is 6.10. The van der Waals surface area contributed by atoms with Crippen LogP contribution in [0, 0.1) is 0 Å². The van der Waals surface area contributed by atoms with Crippen molar-refractivity contribution < 1.29 is 0 Å². The van der Waals surface area contributed by atoms with E-state index in [0.717, 1.165) is 19.0 Å². The molecule has 78 valence electrons. The Hall–Kier alpha value is 0.250. The Bertz CT molecular complexity index is 119. The lowest BCUT2D eigenvalue weighted by Crippen LogP contribution is -2.31. The van der Waals surface area contributed by atoms with Crippen LogP contribution in [0.3, 0.4) is 0 Å². The van der Waals surface area contributed by atoms with E-state index in [0.29, 0.717) is 5.38 Å². The zero-order valence-electron chi connectivity index (χ0n) is 8.69. The van der Waals surface area contributed by atoms with Gasteiger partial charge in [0.1, 0.15) is 0 Å². The van der Waals surface area contributed by atoms with Crippen molar-refractivity contribution in [3.05, 3.63) is 0 Å². The molecule has 0 heterocycles. The molecular formula is C11H22ClN. The largest absolute Gasteiger partial charge is 0.314 e. The lowest BCUT2D eigenvalue weighted by molar-refractivity contribution is 0.371. The summed E-state index contributed by atoms with van der Waals surface area (Å²) in [6.07, 6.45) is 9.42. The molecule has 1 N–H and O–H groups in total. The maximum absolute atomic E-state index is 5.87. The maximum Gasteiger partial charge on any atom is 0.0308 e. The average Bonchev–Trinajstić information content (AvgIpc) is 2.14. The molecule has 1 nitrogen and oxygen atoms in total. The molecule has 0 spiro atoms. The number of alkyl halides is 1. The highest BCUT2D eigenvalue weighted by molar-refractivity contribution is 6.20. The van der Waals surface area contributed by atoms with Gasteiger partial charge >= 0.3 is 0 Å². The Morgan fingerprint density at radius 1 is 1.31 bits per heavy atom. The van der Waals surface area contributed by atoms with E-state index in [1.807, 2.05) is 0 Å². The van der Waals surface area contributed by atoms with E-state index >= 15 is 0 Å². The maximum atomic E-state index is 5.87. The highest BCUT2D eigenvalue weighted by atomic mass is 35.5. The molecule has 1 unspecified atom stereocenters. The van der Waals surface area contributed by atoms with Crippen molar-refractivity contribution in [2.24, 2.45) is 0 Å². The fourth-order valence-electron chi connectivity index (χ4n) is 2.00. The third-order valence-corrected chi connectivity index (χ3v) is 3.04. The molecule has 0 aliphatic heterocycles. The molecule has 1 aliphatic rings. The topological polar surface area (TPSA) is 12.0 Å². The van der Waals surface area contributed by atoms with Crippen molar-refractivity contribution in [1.82, 2.24) is 5.32 Å². The van der Waals surface area contributed by atoms with Crippen LogP contribution >= 0.6 is 11.6 Å². The van der Waals surface area contributed by atoms with Gasteiger partial charge in [0.25, 0.3) is 0 Å². The van der Waals surface area contributed by atoms with Gasteiger partial charge in [-0.2, -0.15) is 0 Å². The van der Waals surface area contributed by atoms with E-state index in [9.17, 15) is 0 Å². The average molecular weight is 204 g/mol. The minimum Gasteiger partial charge on any atom is -0.314 e. The highest BCUT2D eigenvalue weighted by Gasteiger charge is 2.11. The second kappa shape index (κ2) is 6.67. The Morgan fingerprint density at radius 2 is 2.00 bits per heavy atom. The molecule has 0 aromatic carbocycles. The van der Waals surface area contributed by atoms with Gasteiger partial charge < -0.3 is 5.32 Å². The summed E-state index contributed by atoms with van der Waals surface area (Å²) in [6, 6.07) is 0.805. The van der Waals surface area contributed by atoms with Gasteiger partial charge in [0, 0.05) is 11.4 Å². The predicted octanol–water partition coefficient (Wildman–Crippen LogP) is 3.32. The van der Waals surface area contributed by atoms with Crippen LogP contribution in [0.25, 0.3) is 0 Å². The van der Waals surface area contributed by atoms with Crippen molar-refractivity contribution in [2.75, 3.05) is 6.54 Å². The number of nitrogens with one attached hydrogen (secondary N) is 1. The summed E-state index contributed by atoms with van der Waals surface area (Å²) in [5.74, 6) is 0. The Kier molecular flexibility index (Phi) is 5.81. The molecule has 0 amide bonds. The van der Waals surface area contributed by atoms with Crippen LogP contribution in [0.1, 0.15) is 51.9 Å². The molecule has 2 heteroatoms. The first-order chi connectivity index (χ1) is 6.29. The molecule has 0 bridgehead atoms. The monoisotopic (exact) mass is 203 g/mol. The summed E-state index contributed by atoms with van der Waals surface area (Å²) in [6.45, 7) is 3.23. The van der Waals surface area contributed by atoms with Gasteiger partial charge in [-0.1, -0.05) is 19.3 Å². The minimum atomic E-state index is 0.341. The number of rotatable bonds is 5. The zero-order valence-corrected chi connectivity index (χ0v) is 9.45. The van der Waals surface area contributed by atoms with Gasteiger partial charge in [0.2, 0.25) is 0 Å². The van der Waals surface area contributed by atoms with Crippen LogP contribution in [0.2, 0.25) is 0 Å². The zero-order chi connectivity index (χ0) is 9.52. The van der Waals surface area contributed by atoms with Gasteiger partial charge in [0.05, 0.1) is 0 Å². The van der Waals surface area contributed by atoms with Gasteiger partial charge in [-0.05, 0) is 39.2 Å². The van der Waals surface area contributed by atoms with Crippen molar-refractivity contribution >= 4 is 11.6 Å². The fraction of sp³-hybridized carbons (Fsp3) is 1.00. The summed E-state index contributed by atoms with van der Waals surface area (Å²) >= 11 is 5.87. The van der Waals surface area contributed by atoms with Crippen LogP contribution in [-0.2, 0) is 0 Å². The summed E-state index contributed by atoms with van der Waals surface area (Å²) in [7, 11) is 0. The second-order valence-electron chi connectivity index (χ2n) is 4.21. The first kappa shape index (κ1) is 11.3. The van der Waals surface area contributed by atoms with Crippen LogP contribution in [0.4, 0.5) is 0 Å². The normalized spacial score (nSPS) is 21.7. The smallest absolute Gasteiger partial charge is 0.0308 e. The molecule has 0 radical (unpaired) electrons. The van der Waals surface area contributed by atoms with E-state index < -0.39 is 0 Å². The number of hydrogen-bond acceptors (Lipinski definition) is 1. The van der Waals surface area contributed by atoms with Gasteiger partial charge in [-0.25, -0.2) is 0 Å². The summed E-state index contributed by atoms with van der Waals surface area (Å²) in [4.78, 5) is 0. The molecule has 1 atom stereocenters. The molecule has 1 fully saturated rings.